The van der Waals surface area contributed by atoms with E-state index >= 15 is 0 Å². The van der Waals surface area contributed by atoms with Crippen LogP contribution in [0.2, 0.25) is 0 Å². The van der Waals surface area contributed by atoms with Gasteiger partial charge in [0.05, 0.1) is 12.3 Å². The maximum atomic E-state index is 11.5. The second-order valence-electron chi connectivity index (χ2n) is 4.01. The van der Waals surface area contributed by atoms with Crippen LogP contribution in [0, 0.1) is 5.92 Å². The van der Waals surface area contributed by atoms with E-state index in [2.05, 4.69) is 11.0 Å². The lowest BCUT2D eigenvalue weighted by molar-refractivity contribution is 0.00559. The first-order valence-corrected chi connectivity index (χ1v) is 6.94. The molecule has 0 aromatic carbocycles. The third kappa shape index (κ3) is 2.75. The topological polar surface area (TPSA) is 65.0 Å². The Morgan fingerprint density at radius 1 is 1.71 bits per heavy atom. The van der Waals surface area contributed by atoms with Crippen molar-refractivity contribution in [2.45, 2.75) is 32.3 Å². The zero-order valence-corrected chi connectivity index (χ0v) is 11.3. The van der Waals surface area contributed by atoms with E-state index in [9.17, 15) is 8.42 Å². The number of hydrogen-bond acceptors (Lipinski definition) is 4. The molecule has 0 spiro atoms. The van der Waals surface area contributed by atoms with Gasteiger partial charge < -0.3 is 4.74 Å². The molecule has 1 heterocycles. The van der Waals surface area contributed by atoms with Gasteiger partial charge in [0.2, 0.25) is 0 Å². The summed E-state index contributed by atoms with van der Waals surface area (Å²) < 4.78 is 36.9. The van der Waals surface area contributed by atoms with Gasteiger partial charge in [-0.3, -0.25) is 4.18 Å². The van der Waals surface area contributed by atoms with Crippen LogP contribution in [-0.4, -0.2) is 33.4 Å². The highest BCUT2D eigenvalue weighted by Gasteiger charge is 2.42. The monoisotopic (exact) mass is 261 g/mol. The molecular formula is C11H19NO4S. The second kappa shape index (κ2) is 5.29. The maximum Gasteiger partial charge on any atom is 0.380 e. The van der Waals surface area contributed by atoms with Crippen molar-refractivity contribution in [3.8, 4) is 0 Å². The molecule has 0 amide bonds. The van der Waals surface area contributed by atoms with Crippen LogP contribution in [0.3, 0.4) is 0 Å². The smallest absolute Gasteiger partial charge is 0.372 e. The molecule has 98 valence electrons. The highest BCUT2D eigenvalue weighted by molar-refractivity contribution is 7.85. The van der Waals surface area contributed by atoms with Gasteiger partial charge in [-0.05, 0) is 6.42 Å². The van der Waals surface area contributed by atoms with Gasteiger partial charge >= 0.3 is 10.3 Å². The molecule has 1 rings (SSSR count). The van der Waals surface area contributed by atoms with Crippen molar-refractivity contribution in [2.75, 3.05) is 13.7 Å². The summed E-state index contributed by atoms with van der Waals surface area (Å²) in [7, 11) is -2.27. The Hall–Kier alpha value is -0.720. The van der Waals surface area contributed by atoms with Gasteiger partial charge in [0.25, 0.3) is 0 Å². The van der Waals surface area contributed by atoms with Crippen molar-refractivity contribution in [3.05, 3.63) is 12.7 Å². The minimum atomic E-state index is -3.83. The summed E-state index contributed by atoms with van der Waals surface area (Å²) in [6, 6.07) is 0. The van der Waals surface area contributed by atoms with Gasteiger partial charge in [-0.2, -0.15) is 8.42 Å². The minimum absolute atomic E-state index is 0.0388. The fraction of sp³-hybridized carbons (Fsp3) is 0.727. The molecule has 5 nitrogen and oxygen atoms in total. The molecule has 6 heteroatoms. The van der Waals surface area contributed by atoms with E-state index in [1.165, 1.54) is 0 Å². The molecule has 0 aliphatic carbocycles. The first kappa shape index (κ1) is 14.3. The van der Waals surface area contributed by atoms with Crippen LogP contribution in [0.25, 0.3) is 0 Å². The molecule has 0 saturated heterocycles. The van der Waals surface area contributed by atoms with Crippen molar-refractivity contribution in [1.82, 2.24) is 0 Å². The summed E-state index contributed by atoms with van der Waals surface area (Å²) in [5.74, 6) is -0.0388. The van der Waals surface area contributed by atoms with Crippen molar-refractivity contribution in [3.63, 3.8) is 0 Å². The Balaban J connectivity index is 3.32. The summed E-state index contributed by atoms with van der Waals surface area (Å²) in [4.78, 5) is 0. The van der Waals surface area contributed by atoms with Crippen molar-refractivity contribution in [1.29, 1.82) is 0 Å². The van der Waals surface area contributed by atoms with Gasteiger partial charge in [0.15, 0.2) is 0 Å². The van der Waals surface area contributed by atoms with Crippen molar-refractivity contribution >= 4 is 16.0 Å². The van der Waals surface area contributed by atoms with Gasteiger partial charge in [-0.1, -0.05) is 19.9 Å². The number of rotatable bonds is 4. The van der Waals surface area contributed by atoms with Crippen LogP contribution in [0.4, 0.5) is 0 Å². The summed E-state index contributed by atoms with van der Waals surface area (Å²) in [6.45, 7) is 7.59. The average Bonchev–Trinajstić information content (AvgIpc) is 2.44. The molecule has 2 atom stereocenters. The molecule has 2 unspecified atom stereocenters. The van der Waals surface area contributed by atoms with Crippen LogP contribution in [0.15, 0.2) is 17.1 Å². The zero-order chi connectivity index (χ0) is 13.1. The van der Waals surface area contributed by atoms with E-state index in [1.807, 2.05) is 13.8 Å². The molecule has 1 aliphatic heterocycles. The summed E-state index contributed by atoms with van der Waals surface area (Å²) in [5.41, 5.74) is -0.245. The Bertz CT molecular complexity index is 415. The fourth-order valence-electron chi connectivity index (χ4n) is 2.13. The molecule has 0 bridgehead atoms. The first-order valence-electron chi connectivity index (χ1n) is 5.58. The van der Waals surface area contributed by atoms with Crippen LogP contribution < -0.4 is 0 Å². The molecule has 0 aromatic rings. The quantitative estimate of drug-likeness (QED) is 0.723. The van der Waals surface area contributed by atoms with Crippen LogP contribution in [0.5, 0.6) is 0 Å². The molecule has 0 N–H and O–H groups in total. The molecule has 0 saturated carbocycles. The minimum Gasteiger partial charge on any atom is -0.372 e. The zero-order valence-electron chi connectivity index (χ0n) is 10.5. The van der Waals surface area contributed by atoms with Crippen molar-refractivity contribution < 1.29 is 17.3 Å². The molecule has 0 aromatic heterocycles. The standard InChI is InChI=1S/C11H19NO4S/c1-5-9(3)11(15-4)7-8-16-17(13,14)12-10(11)6-2/h5,9H,1,6-8H2,2-4H3. The first-order chi connectivity index (χ1) is 7.91. The Morgan fingerprint density at radius 3 is 2.82 bits per heavy atom. The predicted octanol–water partition coefficient (Wildman–Crippen LogP) is 1.71. The van der Waals surface area contributed by atoms with E-state index in [4.69, 9.17) is 8.92 Å². The third-order valence-corrected chi connectivity index (χ3v) is 4.11. The molecule has 1 aliphatic rings. The summed E-state index contributed by atoms with van der Waals surface area (Å²) in [5, 5.41) is 0. The number of ether oxygens (including phenoxy) is 1. The van der Waals surface area contributed by atoms with Crippen LogP contribution >= 0.6 is 0 Å². The predicted molar refractivity (Wildman–Crippen MR) is 66.3 cm³/mol. The highest BCUT2D eigenvalue weighted by Crippen LogP contribution is 2.32. The van der Waals surface area contributed by atoms with Gasteiger partial charge in [0, 0.05) is 19.4 Å². The van der Waals surface area contributed by atoms with Gasteiger partial charge in [-0.15, -0.1) is 11.0 Å². The molecule has 0 radical (unpaired) electrons. The normalized spacial score (nSPS) is 30.2. The van der Waals surface area contributed by atoms with Gasteiger partial charge in [-0.25, -0.2) is 0 Å². The third-order valence-electron chi connectivity index (χ3n) is 3.20. The molecule has 0 fully saturated rings. The molecular weight excluding hydrogens is 242 g/mol. The van der Waals surface area contributed by atoms with E-state index in [0.717, 1.165) is 0 Å². The van der Waals surface area contributed by atoms with E-state index in [0.29, 0.717) is 18.6 Å². The maximum absolute atomic E-state index is 11.5. The Kier molecular flexibility index (Phi) is 4.46. The van der Waals surface area contributed by atoms with Crippen LogP contribution in [-0.2, 0) is 19.2 Å². The number of methoxy groups -OCH3 is 1. The second-order valence-corrected chi connectivity index (χ2v) is 5.28. The van der Waals surface area contributed by atoms with E-state index < -0.39 is 15.9 Å². The number of hydrogen-bond donors (Lipinski definition) is 0. The number of nitrogens with zero attached hydrogens (tertiary/aromatic N) is 1. The van der Waals surface area contributed by atoms with Crippen LogP contribution in [0.1, 0.15) is 26.7 Å². The average molecular weight is 261 g/mol. The lowest BCUT2D eigenvalue weighted by Gasteiger charge is -2.36. The summed E-state index contributed by atoms with van der Waals surface area (Å²) in [6.07, 6.45) is 2.68. The fourth-order valence-corrected chi connectivity index (χ4v) is 3.03. The Morgan fingerprint density at radius 2 is 2.35 bits per heavy atom. The van der Waals surface area contributed by atoms with E-state index in [1.54, 1.807) is 13.2 Å². The van der Waals surface area contributed by atoms with Gasteiger partial charge in [0.1, 0.15) is 5.60 Å². The largest absolute Gasteiger partial charge is 0.380 e. The summed E-state index contributed by atoms with van der Waals surface area (Å²) >= 11 is 0. The van der Waals surface area contributed by atoms with Crippen molar-refractivity contribution in [2.24, 2.45) is 10.3 Å². The lowest BCUT2D eigenvalue weighted by atomic mass is 9.80. The Labute approximate surface area is 103 Å². The highest BCUT2D eigenvalue weighted by atomic mass is 32.2. The van der Waals surface area contributed by atoms with E-state index in [-0.39, 0.29) is 12.5 Å². The lowest BCUT2D eigenvalue weighted by Crippen LogP contribution is -2.46. The molecule has 17 heavy (non-hydrogen) atoms. The SMILES string of the molecule is C=CC(C)C1(OC)CCOS(=O)(=O)N=C1CC.